The number of anilines is 1. The molecule has 1 aliphatic rings. The van der Waals surface area contributed by atoms with E-state index in [1.807, 2.05) is 0 Å². The average Bonchev–Trinajstić information content (AvgIpc) is 2.67. The van der Waals surface area contributed by atoms with E-state index in [9.17, 15) is 8.42 Å². The van der Waals surface area contributed by atoms with Crippen LogP contribution in [0, 0.1) is 0 Å². The predicted molar refractivity (Wildman–Crippen MR) is 77.8 cm³/mol. The third-order valence-electron chi connectivity index (χ3n) is 2.77. The molecule has 0 unspecified atom stereocenters. The molecule has 9 heteroatoms. The van der Waals surface area contributed by atoms with Crippen LogP contribution in [0.2, 0.25) is 5.02 Å². The van der Waals surface area contributed by atoms with E-state index in [-0.39, 0.29) is 15.7 Å². The fourth-order valence-corrected chi connectivity index (χ4v) is 4.52. The van der Waals surface area contributed by atoms with E-state index in [2.05, 4.69) is 10.4 Å². The predicted octanol–water partition coefficient (Wildman–Crippen LogP) is 1.15. The van der Waals surface area contributed by atoms with Crippen molar-refractivity contribution >= 4 is 39.2 Å². The second-order valence-corrected chi connectivity index (χ2v) is 7.59. The van der Waals surface area contributed by atoms with Crippen molar-refractivity contribution in [3.63, 3.8) is 0 Å². The number of nitrogens with two attached hydrogens (primary N) is 1. The lowest BCUT2D eigenvalue weighted by Crippen LogP contribution is -2.33. The number of hydrogen-bond donors (Lipinski definition) is 2. The Kier molecular flexibility index (Phi) is 4.91. The Bertz CT molecular complexity index is 544. The first-order chi connectivity index (χ1) is 9.05. The molecule has 1 saturated heterocycles. The smallest absolute Gasteiger partial charge is 0.244 e. The summed E-state index contributed by atoms with van der Waals surface area (Å²) in [5, 5.41) is 0.188. The molecule has 0 aromatic carbocycles. The van der Waals surface area contributed by atoms with Crippen molar-refractivity contribution in [2.45, 2.75) is 11.3 Å². The highest BCUT2D eigenvalue weighted by molar-refractivity contribution is 7.99. The van der Waals surface area contributed by atoms with Crippen LogP contribution in [-0.4, -0.2) is 42.3 Å². The highest BCUT2D eigenvalue weighted by Crippen LogP contribution is 2.25. The first-order valence-corrected chi connectivity index (χ1v) is 8.73. The highest BCUT2D eigenvalue weighted by atomic mass is 35.5. The Morgan fingerprint density at radius 2 is 2.21 bits per heavy atom. The lowest BCUT2D eigenvalue weighted by atomic mass is 10.5. The van der Waals surface area contributed by atoms with Crippen LogP contribution in [0.15, 0.2) is 17.2 Å². The number of sulfonamides is 1. The topological polar surface area (TPSA) is 88.3 Å². The Morgan fingerprint density at radius 1 is 1.42 bits per heavy atom. The Morgan fingerprint density at radius 3 is 2.89 bits per heavy atom. The van der Waals surface area contributed by atoms with Gasteiger partial charge in [-0.15, -0.1) is 0 Å². The molecule has 1 aliphatic heterocycles. The second kappa shape index (κ2) is 6.27. The van der Waals surface area contributed by atoms with E-state index in [0.29, 0.717) is 13.1 Å². The summed E-state index contributed by atoms with van der Waals surface area (Å²) >= 11 is 7.68. The van der Waals surface area contributed by atoms with E-state index >= 15 is 0 Å². The maximum atomic E-state index is 12.5. The van der Waals surface area contributed by atoms with Gasteiger partial charge >= 0.3 is 0 Å². The van der Waals surface area contributed by atoms with Crippen molar-refractivity contribution < 1.29 is 8.42 Å². The molecular weight excluding hydrogens is 308 g/mol. The first kappa shape index (κ1) is 14.9. The fraction of sp³-hybridized carbons (Fsp3) is 0.500. The van der Waals surface area contributed by atoms with Crippen molar-refractivity contribution in [1.82, 2.24) is 9.29 Å². The van der Waals surface area contributed by atoms with Gasteiger partial charge in [0.25, 0.3) is 0 Å². The van der Waals surface area contributed by atoms with Gasteiger partial charge in [0.05, 0.1) is 5.02 Å². The molecule has 1 fully saturated rings. The molecule has 1 aromatic heterocycles. The third kappa shape index (κ3) is 3.32. The van der Waals surface area contributed by atoms with Crippen LogP contribution >= 0.6 is 23.4 Å². The summed E-state index contributed by atoms with van der Waals surface area (Å²) in [6, 6.07) is 1.37. The molecule has 0 aliphatic carbocycles. The van der Waals surface area contributed by atoms with Crippen LogP contribution in [0.25, 0.3) is 0 Å². The van der Waals surface area contributed by atoms with Gasteiger partial charge < -0.3 is 5.43 Å². The molecule has 0 spiro atoms. The zero-order valence-electron chi connectivity index (χ0n) is 10.2. The third-order valence-corrected chi connectivity index (χ3v) is 5.97. The second-order valence-electron chi connectivity index (χ2n) is 4.02. The largest absolute Gasteiger partial charge is 0.307 e. The van der Waals surface area contributed by atoms with Gasteiger partial charge in [-0.2, -0.15) is 16.1 Å². The van der Waals surface area contributed by atoms with Crippen LogP contribution in [0.1, 0.15) is 6.42 Å². The Hall–Kier alpha value is -0.540. The number of nitrogens with zero attached hydrogens (tertiary/aromatic N) is 2. The molecule has 2 heterocycles. The number of pyridine rings is 1. The Labute approximate surface area is 121 Å². The van der Waals surface area contributed by atoms with Crippen molar-refractivity contribution in [2.75, 3.05) is 30.0 Å². The van der Waals surface area contributed by atoms with Gasteiger partial charge in [0.15, 0.2) is 5.82 Å². The molecule has 3 N–H and O–H groups in total. The number of nitrogen functional groups attached to an aromatic ring is 1. The zero-order valence-corrected chi connectivity index (χ0v) is 12.6. The number of hydrazine groups is 1. The first-order valence-electron chi connectivity index (χ1n) is 5.76. The lowest BCUT2D eigenvalue weighted by molar-refractivity contribution is 0.435. The molecule has 0 radical (unpaired) electrons. The molecule has 0 saturated carbocycles. The SMILES string of the molecule is NNc1ncc(S(=O)(=O)N2CCCSCC2)cc1Cl. The molecule has 106 valence electrons. The number of nitrogens with one attached hydrogen (secondary N) is 1. The van der Waals surface area contributed by atoms with Crippen molar-refractivity contribution in [1.29, 1.82) is 0 Å². The van der Waals surface area contributed by atoms with Gasteiger partial charge in [0.1, 0.15) is 4.90 Å². The highest BCUT2D eigenvalue weighted by Gasteiger charge is 2.26. The molecule has 0 bridgehead atoms. The van der Waals surface area contributed by atoms with Gasteiger partial charge in [-0.05, 0) is 18.2 Å². The minimum atomic E-state index is -3.53. The molecular formula is C10H15ClN4O2S2. The fourth-order valence-electron chi connectivity index (χ4n) is 1.78. The number of halogens is 1. The number of rotatable bonds is 3. The lowest BCUT2D eigenvalue weighted by Gasteiger charge is -2.19. The summed E-state index contributed by atoms with van der Waals surface area (Å²) < 4.78 is 26.4. The summed E-state index contributed by atoms with van der Waals surface area (Å²) in [5.74, 6) is 7.27. The normalized spacial score (nSPS) is 18.0. The molecule has 2 rings (SSSR count). The summed E-state index contributed by atoms with van der Waals surface area (Å²) in [7, 11) is -3.53. The summed E-state index contributed by atoms with van der Waals surface area (Å²) in [4.78, 5) is 4.00. The van der Waals surface area contributed by atoms with E-state index in [0.717, 1.165) is 17.9 Å². The maximum Gasteiger partial charge on any atom is 0.244 e. The Balaban J connectivity index is 2.30. The van der Waals surface area contributed by atoms with Gasteiger partial charge in [-0.1, -0.05) is 11.6 Å². The standard InChI is InChI=1S/C10H15ClN4O2S2/c11-9-6-8(7-13-10(9)14-12)19(16,17)15-2-1-4-18-5-3-15/h6-7H,1-5,12H2,(H,13,14). The van der Waals surface area contributed by atoms with Gasteiger partial charge in [0.2, 0.25) is 10.0 Å². The maximum absolute atomic E-state index is 12.5. The monoisotopic (exact) mass is 322 g/mol. The van der Waals surface area contributed by atoms with Crippen LogP contribution < -0.4 is 11.3 Å². The number of thioether (sulfide) groups is 1. The average molecular weight is 323 g/mol. The van der Waals surface area contributed by atoms with Crippen molar-refractivity contribution in [3.05, 3.63) is 17.3 Å². The van der Waals surface area contributed by atoms with Crippen LogP contribution in [0.5, 0.6) is 0 Å². The van der Waals surface area contributed by atoms with Gasteiger partial charge in [-0.25, -0.2) is 19.2 Å². The molecule has 0 atom stereocenters. The van der Waals surface area contributed by atoms with Crippen molar-refractivity contribution in [2.24, 2.45) is 5.84 Å². The molecule has 0 amide bonds. The van der Waals surface area contributed by atoms with Crippen LogP contribution in [0.3, 0.4) is 0 Å². The van der Waals surface area contributed by atoms with E-state index in [1.165, 1.54) is 16.6 Å². The van der Waals surface area contributed by atoms with E-state index < -0.39 is 10.0 Å². The molecule has 6 nitrogen and oxygen atoms in total. The minimum Gasteiger partial charge on any atom is -0.307 e. The summed E-state index contributed by atoms with van der Waals surface area (Å²) in [6.07, 6.45) is 2.13. The number of hydrogen-bond acceptors (Lipinski definition) is 6. The van der Waals surface area contributed by atoms with Crippen molar-refractivity contribution in [3.8, 4) is 0 Å². The zero-order chi connectivity index (χ0) is 13.9. The molecule has 19 heavy (non-hydrogen) atoms. The van der Waals surface area contributed by atoms with E-state index in [1.54, 1.807) is 11.8 Å². The number of aromatic nitrogens is 1. The minimum absolute atomic E-state index is 0.100. The summed E-state index contributed by atoms with van der Waals surface area (Å²) in [5.41, 5.74) is 2.31. The molecule has 1 aromatic rings. The summed E-state index contributed by atoms with van der Waals surface area (Å²) in [6.45, 7) is 1.05. The van der Waals surface area contributed by atoms with Gasteiger partial charge in [0, 0.05) is 25.0 Å². The quantitative estimate of drug-likeness (QED) is 0.641. The van der Waals surface area contributed by atoms with Crippen LogP contribution in [-0.2, 0) is 10.0 Å². The van der Waals surface area contributed by atoms with E-state index in [4.69, 9.17) is 17.4 Å². The van der Waals surface area contributed by atoms with Crippen LogP contribution in [0.4, 0.5) is 5.82 Å². The van der Waals surface area contributed by atoms with Gasteiger partial charge in [-0.3, -0.25) is 0 Å².